The van der Waals surface area contributed by atoms with E-state index in [0.717, 1.165) is 28.2 Å². The summed E-state index contributed by atoms with van der Waals surface area (Å²) in [5.74, 6) is 0.550. The van der Waals surface area contributed by atoms with E-state index in [0.29, 0.717) is 19.6 Å². The summed E-state index contributed by atoms with van der Waals surface area (Å²) in [4.78, 5) is 16.4. The van der Waals surface area contributed by atoms with Crippen LogP contribution >= 0.6 is 0 Å². The van der Waals surface area contributed by atoms with E-state index < -0.39 is 5.60 Å². The molecule has 0 bridgehead atoms. The van der Waals surface area contributed by atoms with Crippen LogP contribution in [0.3, 0.4) is 0 Å². The van der Waals surface area contributed by atoms with Gasteiger partial charge in [0.15, 0.2) is 5.82 Å². The van der Waals surface area contributed by atoms with E-state index in [1.165, 1.54) is 12.1 Å². The fourth-order valence-corrected chi connectivity index (χ4v) is 3.52. The van der Waals surface area contributed by atoms with Crippen molar-refractivity contribution in [1.29, 1.82) is 0 Å². The lowest BCUT2D eigenvalue weighted by molar-refractivity contribution is 0.0158. The van der Waals surface area contributed by atoms with Crippen LogP contribution in [-0.2, 0) is 4.74 Å². The fourth-order valence-electron chi connectivity index (χ4n) is 3.52. The summed E-state index contributed by atoms with van der Waals surface area (Å²) >= 11 is 0. The number of piperazine rings is 1. The first-order valence-corrected chi connectivity index (χ1v) is 9.91. The number of nitrogens with zero attached hydrogens (tertiary/aromatic N) is 4. The van der Waals surface area contributed by atoms with Crippen molar-refractivity contribution >= 4 is 11.9 Å². The largest absolute Gasteiger partial charge is 0.444 e. The normalized spacial score (nSPS) is 17.4. The second kappa shape index (κ2) is 7.97. The van der Waals surface area contributed by atoms with Gasteiger partial charge in [-0.25, -0.2) is 9.18 Å². The minimum absolute atomic E-state index is 0.00289. The van der Waals surface area contributed by atoms with Crippen LogP contribution < -0.4 is 4.90 Å². The number of hydrogen-bond donors (Lipinski definition) is 0. The van der Waals surface area contributed by atoms with Gasteiger partial charge in [-0.05, 0) is 76.9 Å². The Bertz CT molecular complexity index is 893. The zero-order valence-electron chi connectivity index (χ0n) is 18.0. The molecule has 0 aliphatic carbocycles. The topological polar surface area (TPSA) is 58.6 Å². The second-order valence-corrected chi connectivity index (χ2v) is 8.60. The highest BCUT2D eigenvalue weighted by molar-refractivity contribution is 5.70. The minimum Gasteiger partial charge on any atom is -0.444 e. The van der Waals surface area contributed by atoms with E-state index >= 15 is 0 Å². The van der Waals surface area contributed by atoms with Crippen molar-refractivity contribution in [3.63, 3.8) is 0 Å². The van der Waals surface area contributed by atoms with Gasteiger partial charge in [-0.2, -0.15) is 0 Å². The lowest BCUT2D eigenvalue weighted by Gasteiger charge is -2.41. The molecule has 6 nitrogen and oxygen atoms in total. The smallest absolute Gasteiger partial charge is 0.410 e. The van der Waals surface area contributed by atoms with Crippen LogP contribution in [0.4, 0.5) is 15.0 Å². The van der Waals surface area contributed by atoms with Crippen molar-refractivity contribution in [3.05, 3.63) is 41.2 Å². The molecule has 3 rings (SSSR count). The molecule has 0 radical (unpaired) electrons. The van der Waals surface area contributed by atoms with Crippen molar-refractivity contribution in [2.24, 2.45) is 0 Å². The molecule has 0 unspecified atom stereocenters. The van der Waals surface area contributed by atoms with Crippen LogP contribution in [0.1, 0.15) is 38.8 Å². The predicted molar refractivity (Wildman–Crippen MR) is 112 cm³/mol. The molecule has 1 fully saturated rings. The Morgan fingerprint density at radius 1 is 1.10 bits per heavy atom. The van der Waals surface area contributed by atoms with Gasteiger partial charge in [0.05, 0.1) is 5.69 Å². The number of aromatic nitrogens is 2. The van der Waals surface area contributed by atoms with Crippen LogP contribution in [0, 0.1) is 19.7 Å². The van der Waals surface area contributed by atoms with Gasteiger partial charge in [-0.1, -0.05) is 0 Å². The number of benzene rings is 1. The summed E-state index contributed by atoms with van der Waals surface area (Å²) in [5.41, 5.74) is 3.14. The molecule has 156 valence electrons. The highest BCUT2D eigenvalue weighted by atomic mass is 19.1. The van der Waals surface area contributed by atoms with Gasteiger partial charge in [-0.15, -0.1) is 10.2 Å². The maximum Gasteiger partial charge on any atom is 0.410 e. The summed E-state index contributed by atoms with van der Waals surface area (Å²) in [5, 5.41) is 8.90. The molecule has 0 N–H and O–H groups in total. The Kier molecular flexibility index (Phi) is 5.78. The number of amides is 1. The van der Waals surface area contributed by atoms with Gasteiger partial charge in [0, 0.05) is 31.2 Å². The Morgan fingerprint density at radius 2 is 1.76 bits per heavy atom. The van der Waals surface area contributed by atoms with Crippen LogP contribution in [0.5, 0.6) is 0 Å². The highest BCUT2D eigenvalue weighted by Crippen LogP contribution is 2.29. The Hall–Kier alpha value is -2.70. The third-order valence-electron chi connectivity index (χ3n) is 5.17. The molecule has 29 heavy (non-hydrogen) atoms. The SMILES string of the molecule is Cc1c(-c2ccc(F)cc2)nnc(N2CCN(C(=O)OC(C)(C)C)[C@@H](C)C2)c1C. The number of rotatable bonds is 2. The van der Waals surface area contributed by atoms with Gasteiger partial charge >= 0.3 is 6.09 Å². The molecule has 1 saturated heterocycles. The van der Waals surface area contributed by atoms with Gasteiger partial charge in [0.1, 0.15) is 11.4 Å². The average molecular weight is 400 g/mol. The molecule has 0 spiro atoms. The number of hydrogen-bond acceptors (Lipinski definition) is 5. The minimum atomic E-state index is -0.511. The molecule has 7 heteroatoms. The Balaban J connectivity index is 1.78. The molecule has 0 saturated carbocycles. The van der Waals surface area contributed by atoms with Crippen molar-refractivity contribution < 1.29 is 13.9 Å². The summed E-state index contributed by atoms with van der Waals surface area (Å²) < 4.78 is 18.7. The quantitative estimate of drug-likeness (QED) is 0.750. The second-order valence-electron chi connectivity index (χ2n) is 8.60. The van der Waals surface area contributed by atoms with Crippen molar-refractivity contribution in [1.82, 2.24) is 15.1 Å². The molecule has 1 aliphatic heterocycles. The lowest BCUT2D eigenvalue weighted by atomic mass is 10.0. The number of anilines is 1. The standard InChI is InChI=1S/C22H29FN4O2/c1-14-13-26(11-12-27(14)21(28)29-22(4,5)6)20-16(3)15(2)19(24-25-20)17-7-9-18(23)10-8-17/h7-10,14H,11-13H2,1-6H3/t14-/m0/s1. The highest BCUT2D eigenvalue weighted by Gasteiger charge is 2.32. The lowest BCUT2D eigenvalue weighted by Crippen LogP contribution is -2.55. The molecule has 1 amide bonds. The van der Waals surface area contributed by atoms with Crippen molar-refractivity contribution in [3.8, 4) is 11.3 Å². The van der Waals surface area contributed by atoms with Gasteiger partial charge < -0.3 is 14.5 Å². The zero-order chi connectivity index (χ0) is 21.3. The molecule has 2 aromatic rings. The summed E-state index contributed by atoms with van der Waals surface area (Å²) in [6.45, 7) is 13.5. The average Bonchev–Trinajstić information content (AvgIpc) is 2.63. The maximum atomic E-state index is 13.2. The van der Waals surface area contributed by atoms with E-state index in [1.807, 2.05) is 41.5 Å². The summed E-state index contributed by atoms with van der Waals surface area (Å²) in [6, 6.07) is 6.28. The number of carbonyl (C=O) groups is 1. The van der Waals surface area contributed by atoms with Crippen LogP contribution in [0.2, 0.25) is 0 Å². The van der Waals surface area contributed by atoms with Gasteiger partial charge in [0.25, 0.3) is 0 Å². The van der Waals surface area contributed by atoms with Crippen molar-refractivity contribution in [2.45, 2.75) is 53.2 Å². The number of carbonyl (C=O) groups excluding carboxylic acids is 1. The number of ether oxygens (including phenoxy) is 1. The van der Waals surface area contributed by atoms with Gasteiger partial charge in [0.2, 0.25) is 0 Å². The third kappa shape index (κ3) is 4.66. The van der Waals surface area contributed by atoms with E-state index in [2.05, 4.69) is 15.1 Å². The van der Waals surface area contributed by atoms with Crippen LogP contribution in [-0.4, -0.2) is 52.5 Å². The van der Waals surface area contributed by atoms with E-state index in [4.69, 9.17) is 4.74 Å². The van der Waals surface area contributed by atoms with E-state index in [9.17, 15) is 9.18 Å². The monoisotopic (exact) mass is 400 g/mol. The molecule has 2 heterocycles. The van der Waals surface area contributed by atoms with E-state index in [1.54, 1.807) is 17.0 Å². The van der Waals surface area contributed by atoms with Gasteiger partial charge in [-0.3, -0.25) is 0 Å². The number of halogens is 1. The Labute approximate surface area is 171 Å². The predicted octanol–water partition coefficient (Wildman–Crippen LogP) is 4.35. The first-order valence-electron chi connectivity index (χ1n) is 9.91. The first kappa shape index (κ1) is 21.0. The zero-order valence-corrected chi connectivity index (χ0v) is 18.0. The summed E-state index contributed by atoms with van der Waals surface area (Å²) in [7, 11) is 0. The third-order valence-corrected chi connectivity index (χ3v) is 5.17. The molecular weight excluding hydrogens is 371 g/mol. The molecule has 1 atom stereocenters. The maximum absolute atomic E-state index is 13.2. The molecule has 1 aromatic carbocycles. The summed E-state index contributed by atoms with van der Waals surface area (Å²) in [6.07, 6.45) is -0.282. The molecule has 1 aromatic heterocycles. The first-order chi connectivity index (χ1) is 13.6. The molecule has 1 aliphatic rings. The Morgan fingerprint density at radius 3 is 2.34 bits per heavy atom. The molecular formula is C22H29FN4O2. The van der Waals surface area contributed by atoms with Crippen molar-refractivity contribution in [2.75, 3.05) is 24.5 Å². The van der Waals surface area contributed by atoms with Crippen LogP contribution in [0.15, 0.2) is 24.3 Å². The van der Waals surface area contributed by atoms with E-state index in [-0.39, 0.29) is 18.0 Å². The van der Waals surface area contributed by atoms with Crippen LogP contribution in [0.25, 0.3) is 11.3 Å². The fraction of sp³-hybridized carbons (Fsp3) is 0.500.